The topological polar surface area (TPSA) is 86.7 Å². The van der Waals surface area contributed by atoms with E-state index in [1.165, 1.54) is 6.92 Å². The zero-order valence-electron chi connectivity index (χ0n) is 14.7. The van der Waals surface area contributed by atoms with Gasteiger partial charge in [0.05, 0.1) is 24.5 Å². The van der Waals surface area contributed by atoms with Crippen molar-refractivity contribution in [1.29, 1.82) is 0 Å². The van der Waals surface area contributed by atoms with Crippen LogP contribution in [0.25, 0.3) is 0 Å². The average molecular weight is 386 g/mol. The van der Waals surface area contributed by atoms with Crippen LogP contribution in [0.4, 0.5) is 17.6 Å². The van der Waals surface area contributed by atoms with E-state index in [1.807, 2.05) is 0 Å². The van der Waals surface area contributed by atoms with Crippen molar-refractivity contribution in [1.82, 2.24) is 0 Å². The van der Waals surface area contributed by atoms with E-state index in [9.17, 15) is 27.2 Å². The molecule has 2 saturated carbocycles. The Hall–Kier alpha value is -1.96. The summed E-state index contributed by atoms with van der Waals surface area (Å²) in [6.45, 7) is 5.39. The third-order valence-corrected chi connectivity index (χ3v) is 4.10. The second kappa shape index (κ2) is 10.9. The van der Waals surface area contributed by atoms with Gasteiger partial charge < -0.3 is 9.47 Å². The van der Waals surface area contributed by atoms with Gasteiger partial charge in [-0.1, -0.05) is 0 Å². The Labute approximate surface area is 148 Å². The molecule has 0 radical (unpaired) electrons. The fourth-order valence-electron chi connectivity index (χ4n) is 2.31. The molecule has 0 bridgehead atoms. The summed E-state index contributed by atoms with van der Waals surface area (Å²) in [5, 5.41) is 0. The third-order valence-electron chi connectivity index (χ3n) is 4.10. The van der Waals surface area contributed by atoms with Crippen molar-refractivity contribution >= 4 is 18.1 Å². The predicted octanol–water partition coefficient (Wildman–Crippen LogP) is 2.71. The van der Waals surface area contributed by atoms with Crippen molar-refractivity contribution < 1.29 is 46.2 Å². The Morgan fingerprint density at radius 1 is 1.08 bits per heavy atom. The molecule has 2 rings (SSSR count). The Bertz CT molecular complexity index is 507. The quantitative estimate of drug-likeness (QED) is 0.515. The van der Waals surface area contributed by atoms with Gasteiger partial charge in [0.2, 0.25) is 12.9 Å². The maximum absolute atomic E-state index is 12.1. The number of carbonyl (C=O) groups is 2. The summed E-state index contributed by atoms with van der Waals surface area (Å²) in [5.74, 6) is -3.03. The molecule has 0 aromatic heterocycles. The SMILES string of the molecule is CCOC(=O)[C@@]1(C)C[C@H]1C(F)F.CCOC(=O)[C@H]1C[C@H]1C(F)F.O=C=O. The van der Waals surface area contributed by atoms with E-state index in [1.54, 1.807) is 13.8 Å². The smallest absolute Gasteiger partial charge is 0.373 e. The minimum absolute atomic E-state index is 0.250. The van der Waals surface area contributed by atoms with Crippen LogP contribution in [0.2, 0.25) is 0 Å². The van der Waals surface area contributed by atoms with E-state index in [2.05, 4.69) is 9.47 Å². The number of carbonyl (C=O) groups excluding carboxylic acids is 4. The first-order chi connectivity index (χ1) is 12.1. The van der Waals surface area contributed by atoms with Crippen molar-refractivity contribution in [3.8, 4) is 0 Å². The van der Waals surface area contributed by atoms with E-state index < -0.39 is 48.0 Å². The van der Waals surface area contributed by atoms with Gasteiger partial charge in [0, 0.05) is 11.8 Å². The van der Waals surface area contributed by atoms with E-state index in [-0.39, 0.29) is 32.2 Å². The van der Waals surface area contributed by atoms with Crippen LogP contribution in [0, 0.1) is 23.2 Å². The zero-order valence-corrected chi connectivity index (χ0v) is 14.7. The first-order valence-corrected chi connectivity index (χ1v) is 7.99. The minimum atomic E-state index is -2.40. The zero-order chi connectivity index (χ0) is 20.5. The lowest BCUT2D eigenvalue weighted by Gasteiger charge is -2.08. The highest BCUT2D eigenvalue weighted by atomic mass is 19.3. The number of hydrogen-bond donors (Lipinski definition) is 0. The van der Waals surface area contributed by atoms with E-state index in [0.29, 0.717) is 0 Å². The molecule has 0 aliphatic heterocycles. The first kappa shape index (κ1) is 24.0. The van der Waals surface area contributed by atoms with E-state index >= 15 is 0 Å². The van der Waals surface area contributed by atoms with Gasteiger partial charge in [-0.15, -0.1) is 0 Å². The number of hydrogen-bond acceptors (Lipinski definition) is 6. The highest BCUT2D eigenvalue weighted by Gasteiger charge is 2.61. The predicted molar refractivity (Wildman–Crippen MR) is 78.1 cm³/mol. The summed E-state index contributed by atoms with van der Waals surface area (Å²) in [6, 6.07) is 0. The Kier molecular flexibility index (Phi) is 10.1. The molecule has 2 aliphatic rings. The third kappa shape index (κ3) is 7.11. The lowest BCUT2D eigenvalue weighted by molar-refractivity contribution is -0.191. The molecule has 0 aromatic carbocycles. The molecule has 0 N–H and O–H groups in total. The molecule has 150 valence electrons. The molecule has 0 heterocycles. The maximum Gasteiger partial charge on any atom is 0.373 e. The van der Waals surface area contributed by atoms with Crippen LogP contribution >= 0.6 is 0 Å². The Balaban J connectivity index is 0.000000419. The molecule has 0 saturated heterocycles. The van der Waals surface area contributed by atoms with Gasteiger partial charge in [0.15, 0.2) is 0 Å². The van der Waals surface area contributed by atoms with Gasteiger partial charge in [-0.2, -0.15) is 9.59 Å². The number of rotatable bonds is 6. The van der Waals surface area contributed by atoms with Crippen LogP contribution in [-0.2, 0) is 28.7 Å². The van der Waals surface area contributed by atoms with Crippen LogP contribution in [-0.4, -0.2) is 44.2 Å². The van der Waals surface area contributed by atoms with Crippen LogP contribution in [0.1, 0.15) is 33.6 Å². The number of halogens is 4. The number of ether oxygens (including phenoxy) is 2. The highest BCUT2D eigenvalue weighted by molar-refractivity contribution is 5.80. The average Bonchev–Trinajstić information content (AvgIpc) is 3.43. The first-order valence-electron chi connectivity index (χ1n) is 7.99. The van der Waals surface area contributed by atoms with Gasteiger partial charge in [-0.25, -0.2) is 17.6 Å². The van der Waals surface area contributed by atoms with Crippen molar-refractivity contribution in [2.75, 3.05) is 13.2 Å². The minimum Gasteiger partial charge on any atom is -0.466 e. The van der Waals surface area contributed by atoms with Crippen molar-refractivity contribution in [2.45, 2.75) is 46.5 Å². The molecule has 10 heteroatoms. The molecule has 2 fully saturated rings. The molecule has 6 nitrogen and oxygen atoms in total. The van der Waals surface area contributed by atoms with Crippen LogP contribution < -0.4 is 0 Å². The van der Waals surface area contributed by atoms with Gasteiger partial charge >= 0.3 is 18.1 Å². The summed E-state index contributed by atoms with van der Waals surface area (Å²) in [4.78, 5) is 38.1. The fourth-order valence-corrected chi connectivity index (χ4v) is 2.31. The van der Waals surface area contributed by atoms with Crippen molar-refractivity contribution in [2.24, 2.45) is 23.2 Å². The standard InChI is InChI=1S/C8H12F2O2.C7H10F2O2.CO2/c1-3-12-7(11)8(2)4-5(8)6(9)10;1-2-11-7(10)5-3-4(5)6(8)9;2-1-3/h5-6H,3-4H2,1-2H3;4-6H,2-3H2,1H3;/t5-,8-;4-,5+;/m01./s1. The van der Waals surface area contributed by atoms with Crippen molar-refractivity contribution in [3.05, 3.63) is 0 Å². The summed E-state index contributed by atoms with van der Waals surface area (Å²) in [5.41, 5.74) is -0.913. The summed E-state index contributed by atoms with van der Waals surface area (Å²) < 4.78 is 57.2. The highest BCUT2D eigenvalue weighted by Crippen LogP contribution is 2.56. The Morgan fingerprint density at radius 3 is 1.88 bits per heavy atom. The van der Waals surface area contributed by atoms with E-state index in [4.69, 9.17) is 9.59 Å². The molecule has 0 aromatic rings. The molecule has 0 amide bonds. The molecule has 4 atom stereocenters. The molecule has 0 unspecified atom stereocenters. The second-order valence-corrected chi connectivity index (χ2v) is 5.96. The lowest BCUT2D eigenvalue weighted by Crippen LogP contribution is -2.20. The summed E-state index contributed by atoms with van der Waals surface area (Å²) >= 11 is 0. The van der Waals surface area contributed by atoms with Gasteiger partial charge in [-0.05, 0) is 33.6 Å². The Morgan fingerprint density at radius 2 is 1.58 bits per heavy atom. The number of esters is 2. The van der Waals surface area contributed by atoms with Gasteiger partial charge in [-0.3, -0.25) is 9.59 Å². The summed E-state index contributed by atoms with van der Waals surface area (Å²) in [7, 11) is 0. The second-order valence-electron chi connectivity index (χ2n) is 5.96. The van der Waals surface area contributed by atoms with Crippen LogP contribution in [0.3, 0.4) is 0 Å². The maximum atomic E-state index is 12.1. The van der Waals surface area contributed by atoms with Gasteiger partial charge in [0.1, 0.15) is 0 Å². The van der Waals surface area contributed by atoms with E-state index in [0.717, 1.165) is 0 Å². The number of alkyl halides is 4. The normalized spacial score (nSPS) is 28.0. The molecular weight excluding hydrogens is 364 g/mol. The largest absolute Gasteiger partial charge is 0.466 e. The molecule has 2 aliphatic carbocycles. The molecule has 0 spiro atoms. The summed E-state index contributed by atoms with van der Waals surface area (Å²) in [6.07, 6.45) is -3.98. The molecule has 26 heavy (non-hydrogen) atoms. The lowest BCUT2D eigenvalue weighted by atomic mass is 10.1. The van der Waals surface area contributed by atoms with Crippen LogP contribution in [0.5, 0.6) is 0 Å². The monoisotopic (exact) mass is 386 g/mol. The van der Waals surface area contributed by atoms with Crippen molar-refractivity contribution in [3.63, 3.8) is 0 Å². The van der Waals surface area contributed by atoms with Crippen LogP contribution in [0.15, 0.2) is 0 Å². The molecular formula is C16H22F4O6. The fraction of sp³-hybridized carbons (Fsp3) is 0.812. The van der Waals surface area contributed by atoms with Gasteiger partial charge in [0.25, 0.3) is 0 Å².